The van der Waals surface area contributed by atoms with Gasteiger partial charge in [-0.25, -0.2) is 9.59 Å². The number of amides is 3. The molecule has 1 aliphatic heterocycles. The van der Waals surface area contributed by atoms with E-state index in [0.29, 0.717) is 12.8 Å². The number of aliphatic carboxylic acids is 1. The standard InChI is InChI=1S/C13H18N2O4/c1-9(10(16)17)5-8-15-11(18)13(14-12(15)19)6-3-2-4-7-13/h5H,2-4,6-8H2,1H3,(H,14,19)(H,16,17). The maximum absolute atomic E-state index is 12.3. The largest absolute Gasteiger partial charge is 0.478 e. The van der Waals surface area contributed by atoms with E-state index in [-0.39, 0.29) is 18.0 Å². The first-order valence-electron chi connectivity index (χ1n) is 6.50. The Morgan fingerprint density at radius 1 is 1.37 bits per heavy atom. The van der Waals surface area contributed by atoms with E-state index >= 15 is 0 Å². The van der Waals surface area contributed by atoms with Crippen LogP contribution in [-0.4, -0.2) is 40.0 Å². The smallest absolute Gasteiger partial charge is 0.331 e. The van der Waals surface area contributed by atoms with Gasteiger partial charge in [-0.2, -0.15) is 0 Å². The molecule has 19 heavy (non-hydrogen) atoms. The summed E-state index contributed by atoms with van der Waals surface area (Å²) in [7, 11) is 0. The van der Waals surface area contributed by atoms with Gasteiger partial charge in [0.1, 0.15) is 5.54 Å². The Labute approximate surface area is 111 Å². The molecule has 0 aromatic carbocycles. The van der Waals surface area contributed by atoms with Crippen molar-refractivity contribution in [1.29, 1.82) is 0 Å². The van der Waals surface area contributed by atoms with E-state index in [9.17, 15) is 14.4 Å². The molecular weight excluding hydrogens is 248 g/mol. The van der Waals surface area contributed by atoms with Crippen molar-refractivity contribution in [2.75, 3.05) is 6.54 Å². The van der Waals surface area contributed by atoms with Gasteiger partial charge in [0.15, 0.2) is 0 Å². The Morgan fingerprint density at radius 2 is 2.00 bits per heavy atom. The number of carbonyl (C=O) groups is 3. The fourth-order valence-electron chi connectivity index (χ4n) is 2.65. The lowest BCUT2D eigenvalue weighted by molar-refractivity contribution is -0.133. The zero-order valence-electron chi connectivity index (χ0n) is 10.9. The maximum atomic E-state index is 12.3. The summed E-state index contributed by atoms with van der Waals surface area (Å²) in [4.78, 5) is 36.0. The maximum Gasteiger partial charge on any atom is 0.331 e. The van der Waals surface area contributed by atoms with E-state index in [1.54, 1.807) is 0 Å². The third-order valence-electron chi connectivity index (χ3n) is 3.87. The van der Waals surface area contributed by atoms with E-state index in [4.69, 9.17) is 5.11 Å². The second-order valence-corrected chi connectivity index (χ2v) is 5.18. The highest BCUT2D eigenvalue weighted by Gasteiger charge is 2.50. The minimum Gasteiger partial charge on any atom is -0.478 e. The molecule has 0 radical (unpaired) electrons. The summed E-state index contributed by atoms with van der Waals surface area (Å²) >= 11 is 0. The average Bonchev–Trinajstić information content (AvgIpc) is 2.59. The topological polar surface area (TPSA) is 86.7 Å². The Bertz CT molecular complexity index is 450. The van der Waals surface area contributed by atoms with Crippen molar-refractivity contribution in [3.63, 3.8) is 0 Å². The number of nitrogens with zero attached hydrogens (tertiary/aromatic N) is 1. The highest BCUT2D eigenvalue weighted by atomic mass is 16.4. The number of rotatable bonds is 3. The summed E-state index contributed by atoms with van der Waals surface area (Å²) in [5.41, 5.74) is -0.606. The minimum absolute atomic E-state index is 0.0184. The third kappa shape index (κ3) is 2.47. The molecule has 1 saturated heterocycles. The van der Waals surface area contributed by atoms with Gasteiger partial charge in [-0.05, 0) is 19.8 Å². The number of nitrogens with one attached hydrogen (secondary N) is 1. The third-order valence-corrected chi connectivity index (χ3v) is 3.87. The number of urea groups is 1. The van der Waals surface area contributed by atoms with Crippen LogP contribution in [0.25, 0.3) is 0 Å². The first kappa shape index (κ1) is 13.6. The van der Waals surface area contributed by atoms with Crippen LogP contribution in [0.2, 0.25) is 0 Å². The predicted molar refractivity (Wildman–Crippen MR) is 67.5 cm³/mol. The number of hydrogen-bond donors (Lipinski definition) is 2. The molecule has 0 unspecified atom stereocenters. The quantitative estimate of drug-likeness (QED) is 0.595. The second-order valence-electron chi connectivity index (χ2n) is 5.18. The first-order chi connectivity index (χ1) is 8.96. The molecule has 3 amide bonds. The van der Waals surface area contributed by atoms with Crippen molar-refractivity contribution in [3.8, 4) is 0 Å². The van der Waals surface area contributed by atoms with E-state index in [0.717, 1.165) is 24.2 Å². The average molecular weight is 266 g/mol. The van der Waals surface area contributed by atoms with E-state index in [1.807, 2.05) is 0 Å². The fraction of sp³-hybridized carbons (Fsp3) is 0.615. The first-order valence-corrected chi connectivity index (χ1v) is 6.50. The van der Waals surface area contributed by atoms with Gasteiger partial charge in [-0.15, -0.1) is 0 Å². The van der Waals surface area contributed by atoms with Gasteiger partial charge in [0.2, 0.25) is 0 Å². The number of imide groups is 1. The summed E-state index contributed by atoms with van der Waals surface area (Å²) in [5, 5.41) is 11.5. The van der Waals surface area contributed by atoms with Gasteiger partial charge < -0.3 is 10.4 Å². The number of carbonyl (C=O) groups excluding carboxylic acids is 2. The van der Waals surface area contributed by atoms with Crippen LogP contribution in [0.1, 0.15) is 39.0 Å². The molecule has 2 fully saturated rings. The van der Waals surface area contributed by atoms with Crippen molar-refractivity contribution in [2.24, 2.45) is 0 Å². The minimum atomic E-state index is -1.04. The Kier molecular flexibility index (Phi) is 3.59. The lowest BCUT2D eigenvalue weighted by Gasteiger charge is -2.30. The van der Waals surface area contributed by atoms with E-state index < -0.39 is 17.5 Å². The highest BCUT2D eigenvalue weighted by molar-refractivity contribution is 6.07. The molecule has 0 aromatic heterocycles. The van der Waals surface area contributed by atoms with Crippen LogP contribution >= 0.6 is 0 Å². The number of carboxylic acid groups (broad SMARTS) is 1. The summed E-state index contributed by atoms with van der Waals surface area (Å²) in [6, 6.07) is -0.415. The Hall–Kier alpha value is -1.85. The van der Waals surface area contributed by atoms with Crippen LogP contribution < -0.4 is 5.32 Å². The van der Waals surface area contributed by atoms with Gasteiger partial charge in [0.05, 0.1) is 0 Å². The lowest BCUT2D eigenvalue weighted by Crippen LogP contribution is -2.48. The Balaban J connectivity index is 2.10. The molecule has 2 N–H and O–H groups in total. The van der Waals surface area contributed by atoms with Gasteiger partial charge in [-0.1, -0.05) is 25.3 Å². The van der Waals surface area contributed by atoms with Crippen molar-refractivity contribution >= 4 is 17.9 Å². The van der Waals surface area contributed by atoms with Crippen molar-refractivity contribution in [2.45, 2.75) is 44.6 Å². The number of hydrogen-bond acceptors (Lipinski definition) is 3. The van der Waals surface area contributed by atoms with E-state index in [1.165, 1.54) is 13.0 Å². The zero-order chi connectivity index (χ0) is 14.0. The van der Waals surface area contributed by atoms with Gasteiger partial charge in [-0.3, -0.25) is 9.69 Å². The van der Waals surface area contributed by atoms with E-state index in [2.05, 4.69) is 5.32 Å². The monoisotopic (exact) mass is 266 g/mol. The molecule has 104 valence electrons. The van der Waals surface area contributed by atoms with Crippen LogP contribution in [0.5, 0.6) is 0 Å². The normalized spacial score (nSPS) is 22.8. The summed E-state index contributed by atoms with van der Waals surface area (Å²) in [6.45, 7) is 1.46. The van der Waals surface area contributed by atoms with Crippen LogP contribution in [0.15, 0.2) is 11.6 Å². The summed E-state index contributed by atoms with van der Waals surface area (Å²) in [5.74, 6) is -1.26. The van der Waals surface area contributed by atoms with Crippen molar-refractivity contribution < 1.29 is 19.5 Å². The molecular formula is C13H18N2O4. The van der Waals surface area contributed by atoms with Crippen LogP contribution in [0, 0.1) is 0 Å². The Morgan fingerprint density at radius 3 is 2.58 bits per heavy atom. The van der Waals surface area contributed by atoms with Crippen LogP contribution in [0.3, 0.4) is 0 Å². The molecule has 1 saturated carbocycles. The molecule has 2 rings (SSSR count). The second kappa shape index (κ2) is 5.03. The summed E-state index contributed by atoms with van der Waals surface area (Å²) < 4.78 is 0. The molecule has 1 spiro atoms. The molecule has 1 heterocycles. The molecule has 1 aliphatic carbocycles. The molecule has 0 atom stereocenters. The van der Waals surface area contributed by atoms with Gasteiger partial charge in [0, 0.05) is 12.1 Å². The number of carboxylic acids is 1. The fourth-order valence-corrected chi connectivity index (χ4v) is 2.65. The van der Waals surface area contributed by atoms with Crippen LogP contribution in [-0.2, 0) is 9.59 Å². The molecule has 0 aromatic rings. The predicted octanol–water partition coefficient (Wildman–Crippen LogP) is 1.27. The van der Waals surface area contributed by atoms with Gasteiger partial charge >= 0.3 is 12.0 Å². The molecule has 6 nitrogen and oxygen atoms in total. The highest BCUT2D eigenvalue weighted by Crippen LogP contribution is 2.33. The SMILES string of the molecule is CC(=CCN1C(=O)NC2(CCCCC2)C1=O)C(=O)O. The van der Waals surface area contributed by atoms with Crippen molar-refractivity contribution in [1.82, 2.24) is 10.2 Å². The summed E-state index contributed by atoms with van der Waals surface area (Å²) in [6.07, 6.45) is 5.70. The molecule has 0 bridgehead atoms. The van der Waals surface area contributed by atoms with Crippen molar-refractivity contribution in [3.05, 3.63) is 11.6 Å². The lowest BCUT2D eigenvalue weighted by atomic mass is 9.82. The van der Waals surface area contributed by atoms with Gasteiger partial charge in [0.25, 0.3) is 5.91 Å². The molecule has 2 aliphatic rings. The molecule has 6 heteroatoms. The van der Waals surface area contributed by atoms with Crippen LogP contribution in [0.4, 0.5) is 4.79 Å². The zero-order valence-corrected chi connectivity index (χ0v) is 10.9.